The fourth-order valence-electron chi connectivity index (χ4n) is 2.59. The maximum absolute atomic E-state index is 12.2. The van der Waals surface area contributed by atoms with Crippen LogP contribution in [0.3, 0.4) is 0 Å². The molecule has 6 heteroatoms. The molecule has 0 aliphatic rings. The van der Waals surface area contributed by atoms with E-state index in [1.54, 1.807) is 6.20 Å². The number of hydrogen-bond acceptors (Lipinski definition) is 3. The molecule has 3 rings (SSSR count). The van der Waals surface area contributed by atoms with Crippen molar-refractivity contribution in [1.29, 1.82) is 0 Å². The van der Waals surface area contributed by atoms with Crippen LogP contribution < -0.4 is 10.6 Å². The Hall–Kier alpha value is -3.15. The second-order valence-corrected chi connectivity index (χ2v) is 6.00. The van der Waals surface area contributed by atoms with Gasteiger partial charge in [0, 0.05) is 17.6 Å². The predicted molar refractivity (Wildman–Crippen MR) is 96.8 cm³/mol. The van der Waals surface area contributed by atoms with Crippen molar-refractivity contribution in [2.24, 2.45) is 0 Å². The Bertz CT molecular complexity index is 959. The molecule has 0 aliphatic carbocycles. The van der Waals surface area contributed by atoms with Crippen LogP contribution in [0, 0.1) is 20.8 Å². The number of aryl methyl sites for hydroxylation is 2. The SMILES string of the molecule is Cc1cccc(NC(=O)CNC(=O)c2cn3c(C)cccc3n2)c1C. The number of pyridine rings is 1. The summed E-state index contributed by atoms with van der Waals surface area (Å²) in [5.41, 5.74) is 4.83. The molecular weight excluding hydrogens is 316 g/mol. The van der Waals surface area contributed by atoms with E-state index >= 15 is 0 Å². The van der Waals surface area contributed by atoms with Crippen molar-refractivity contribution < 1.29 is 9.59 Å². The Balaban J connectivity index is 1.64. The van der Waals surface area contributed by atoms with Crippen LogP contribution >= 0.6 is 0 Å². The van der Waals surface area contributed by atoms with Gasteiger partial charge in [-0.05, 0) is 50.1 Å². The molecular formula is C19H20N4O2. The summed E-state index contributed by atoms with van der Waals surface area (Å²) in [5.74, 6) is -0.652. The molecule has 3 aromatic rings. The second kappa shape index (κ2) is 6.76. The molecule has 128 valence electrons. The lowest BCUT2D eigenvalue weighted by Gasteiger charge is -2.10. The first-order chi connectivity index (χ1) is 12.0. The van der Waals surface area contributed by atoms with E-state index in [4.69, 9.17) is 0 Å². The van der Waals surface area contributed by atoms with Gasteiger partial charge >= 0.3 is 0 Å². The van der Waals surface area contributed by atoms with Gasteiger partial charge in [0.1, 0.15) is 11.3 Å². The molecule has 2 heterocycles. The zero-order chi connectivity index (χ0) is 18.0. The van der Waals surface area contributed by atoms with Crippen LogP contribution in [0.15, 0.2) is 42.6 Å². The minimum Gasteiger partial charge on any atom is -0.342 e. The van der Waals surface area contributed by atoms with Crippen LogP contribution in [-0.4, -0.2) is 27.7 Å². The minimum absolute atomic E-state index is 0.112. The smallest absolute Gasteiger partial charge is 0.271 e. The van der Waals surface area contributed by atoms with E-state index in [0.29, 0.717) is 5.65 Å². The average Bonchev–Trinajstić information content (AvgIpc) is 3.03. The van der Waals surface area contributed by atoms with Gasteiger partial charge < -0.3 is 15.0 Å². The number of rotatable bonds is 4. The number of amides is 2. The lowest BCUT2D eigenvalue weighted by Crippen LogP contribution is -2.33. The molecule has 2 amide bonds. The van der Waals surface area contributed by atoms with Crippen molar-refractivity contribution in [3.05, 3.63) is 65.1 Å². The van der Waals surface area contributed by atoms with Crippen molar-refractivity contribution in [3.63, 3.8) is 0 Å². The molecule has 0 radical (unpaired) electrons. The number of hydrogen-bond donors (Lipinski definition) is 2. The van der Waals surface area contributed by atoms with Crippen molar-refractivity contribution >= 4 is 23.1 Å². The van der Waals surface area contributed by atoms with E-state index in [9.17, 15) is 9.59 Å². The average molecular weight is 336 g/mol. The van der Waals surface area contributed by atoms with Gasteiger partial charge in [-0.15, -0.1) is 0 Å². The standard InChI is InChI=1S/C19H20N4O2/c1-12-6-4-8-15(14(12)3)22-18(24)10-20-19(25)16-11-23-13(2)7-5-9-17(23)21-16/h4-9,11H,10H2,1-3H3,(H,20,25)(H,22,24). The maximum atomic E-state index is 12.2. The lowest BCUT2D eigenvalue weighted by atomic mass is 10.1. The highest BCUT2D eigenvalue weighted by Gasteiger charge is 2.13. The zero-order valence-corrected chi connectivity index (χ0v) is 14.5. The third kappa shape index (κ3) is 3.52. The van der Waals surface area contributed by atoms with E-state index < -0.39 is 0 Å². The number of anilines is 1. The predicted octanol–water partition coefficient (Wildman–Crippen LogP) is 2.63. The van der Waals surface area contributed by atoms with E-state index in [0.717, 1.165) is 22.5 Å². The van der Waals surface area contributed by atoms with Gasteiger partial charge in [0.2, 0.25) is 5.91 Å². The van der Waals surface area contributed by atoms with Gasteiger partial charge in [-0.2, -0.15) is 0 Å². The highest BCUT2D eigenvalue weighted by atomic mass is 16.2. The molecule has 0 saturated carbocycles. The van der Waals surface area contributed by atoms with Crippen LogP contribution in [0.4, 0.5) is 5.69 Å². The number of benzene rings is 1. The highest BCUT2D eigenvalue weighted by molar-refractivity contribution is 5.99. The number of imidazole rings is 1. The highest BCUT2D eigenvalue weighted by Crippen LogP contribution is 2.17. The fourth-order valence-corrected chi connectivity index (χ4v) is 2.59. The van der Waals surface area contributed by atoms with E-state index in [2.05, 4.69) is 15.6 Å². The van der Waals surface area contributed by atoms with Gasteiger partial charge in [-0.25, -0.2) is 4.98 Å². The minimum atomic E-state index is -0.376. The number of carbonyl (C=O) groups is 2. The van der Waals surface area contributed by atoms with E-state index in [1.807, 2.05) is 61.6 Å². The number of nitrogens with one attached hydrogen (secondary N) is 2. The fraction of sp³-hybridized carbons (Fsp3) is 0.211. The Morgan fingerprint density at radius 3 is 2.60 bits per heavy atom. The van der Waals surface area contributed by atoms with Crippen molar-refractivity contribution in [2.75, 3.05) is 11.9 Å². The molecule has 0 saturated heterocycles. The van der Waals surface area contributed by atoms with Crippen LogP contribution in [0.1, 0.15) is 27.3 Å². The quantitative estimate of drug-likeness (QED) is 0.769. The van der Waals surface area contributed by atoms with E-state index in [-0.39, 0.29) is 24.1 Å². The number of aromatic nitrogens is 2. The van der Waals surface area contributed by atoms with Crippen LogP contribution in [0.25, 0.3) is 5.65 Å². The van der Waals surface area contributed by atoms with Crippen LogP contribution in [-0.2, 0) is 4.79 Å². The summed E-state index contributed by atoms with van der Waals surface area (Å²) in [4.78, 5) is 28.6. The molecule has 2 N–H and O–H groups in total. The molecule has 1 aromatic carbocycles. The zero-order valence-electron chi connectivity index (χ0n) is 14.5. The Kier molecular flexibility index (Phi) is 4.52. The summed E-state index contributed by atoms with van der Waals surface area (Å²) >= 11 is 0. The van der Waals surface area contributed by atoms with Crippen molar-refractivity contribution in [2.45, 2.75) is 20.8 Å². The number of carbonyl (C=O) groups excluding carboxylic acids is 2. The normalized spacial score (nSPS) is 10.7. The Morgan fingerprint density at radius 1 is 1.08 bits per heavy atom. The molecule has 25 heavy (non-hydrogen) atoms. The van der Waals surface area contributed by atoms with Gasteiger partial charge in [0.15, 0.2) is 0 Å². The van der Waals surface area contributed by atoms with E-state index in [1.165, 1.54) is 0 Å². The molecule has 0 atom stereocenters. The van der Waals surface area contributed by atoms with Gasteiger partial charge in [-0.1, -0.05) is 18.2 Å². The third-order valence-electron chi connectivity index (χ3n) is 4.22. The largest absolute Gasteiger partial charge is 0.342 e. The van der Waals surface area contributed by atoms with Crippen LogP contribution in [0.5, 0.6) is 0 Å². The lowest BCUT2D eigenvalue weighted by molar-refractivity contribution is -0.115. The third-order valence-corrected chi connectivity index (χ3v) is 4.22. The molecule has 0 fully saturated rings. The van der Waals surface area contributed by atoms with Gasteiger partial charge in [-0.3, -0.25) is 9.59 Å². The number of fused-ring (bicyclic) bond motifs is 1. The topological polar surface area (TPSA) is 75.5 Å². The monoisotopic (exact) mass is 336 g/mol. The van der Waals surface area contributed by atoms with Gasteiger partial charge in [0.05, 0.1) is 6.54 Å². The summed E-state index contributed by atoms with van der Waals surface area (Å²) in [5, 5.41) is 5.42. The summed E-state index contributed by atoms with van der Waals surface area (Å²) in [6, 6.07) is 11.4. The molecule has 0 aliphatic heterocycles. The molecule has 2 aromatic heterocycles. The summed E-state index contributed by atoms with van der Waals surface area (Å²) < 4.78 is 1.84. The second-order valence-electron chi connectivity index (χ2n) is 6.00. The molecule has 0 bridgehead atoms. The first-order valence-electron chi connectivity index (χ1n) is 8.04. The maximum Gasteiger partial charge on any atom is 0.271 e. The van der Waals surface area contributed by atoms with Crippen LogP contribution in [0.2, 0.25) is 0 Å². The Labute approximate surface area is 145 Å². The van der Waals surface area contributed by atoms with Crippen molar-refractivity contribution in [1.82, 2.24) is 14.7 Å². The van der Waals surface area contributed by atoms with Gasteiger partial charge in [0.25, 0.3) is 5.91 Å². The summed E-state index contributed by atoms with van der Waals surface area (Å²) in [7, 11) is 0. The number of nitrogens with zero attached hydrogens (tertiary/aromatic N) is 2. The molecule has 6 nitrogen and oxygen atoms in total. The summed E-state index contributed by atoms with van der Waals surface area (Å²) in [6.07, 6.45) is 1.67. The molecule has 0 spiro atoms. The summed E-state index contributed by atoms with van der Waals surface area (Å²) in [6.45, 7) is 5.76. The first-order valence-corrected chi connectivity index (χ1v) is 8.04. The molecule has 0 unspecified atom stereocenters. The Morgan fingerprint density at radius 2 is 1.84 bits per heavy atom. The first kappa shape index (κ1) is 16.7. The van der Waals surface area contributed by atoms with Crippen molar-refractivity contribution in [3.8, 4) is 0 Å².